The zero-order chi connectivity index (χ0) is 18.1. The van der Waals surface area contributed by atoms with Gasteiger partial charge in [-0.15, -0.1) is 11.3 Å². The Balaban J connectivity index is 1.39. The van der Waals surface area contributed by atoms with E-state index >= 15 is 0 Å². The van der Waals surface area contributed by atoms with E-state index in [1.807, 2.05) is 4.90 Å². The summed E-state index contributed by atoms with van der Waals surface area (Å²) in [6.07, 6.45) is 3.98. The first-order chi connectivity index (χ1) is 12.6. The van der Waals surface area contributed by atoms with Gasteiger partial charge in [0.15, 0.2) is 0 Å². The van der Waals surface area contributed by atoms with Crippen LogP contribution in [0.3, 0.4) is 0 Å². The van der Waals surface area contributed by atoms with E-state index in [2.05, 4.69) is 10.3 Å². The molecule has 4 nitrogen and oxygen atoms in total. The van der Waals surface area contributed by atoms with Gasteiger partial charge in [-0.25, -0.2) is 13.8 Å². The molecule has 4 rings (SSSR count). The third-order valence-corrected chi connectivity index (χ3v) is 5.89. The van der Waals surface area contributed by atoms with Crippen molar-refractivity contribution in [2.24, 2.45) is 0 Å². The SMILES string of the molecule is O=C(N[C@H]1CCCN(Cc2c(F)cccc2F)C1)c1scnc1C1CC1. The quantitative estimate of drug-likeness (QED) is 0.864. The van der Waals surface area contributed by atoms with Gasteiger partial charge in [0.25, 0.3) is 5.91 Å². The van der Waals surface area contributed by atoms with Gasteiger partial charge in [-0.2, -0.15) is 0 Å². The summed E-state index contributed by atoms with van der Waals surface area (Å²) in [4.78, 5) is 19.7. The number of carbonyl (C=O) groups is 1. The fourth-order valence-electron chi connectivity index (χ4n) is 3.55. The van der Waals surface area contributed by atoms with Crippen LogP contribution in [0, 0.1) is 11.6 Å². The lowest BCUT2D eigenvalue weighted by Crippen LogP contribution is -2.47. The van der Waals surface area contributed by atoms with E-state index in [4.69, 9.17) is 0 Å². The van der Waals surface area contributed by atoms with Crippen molar-refractivity contribution < 1.29 is 13.6 Å². The maximum absolute atomic E-state index is 13.9. The Hall–Kier alpha value is -1.86. The molecule has 0 spiro atoms. The van der Waals surface area contributed by atoms with Gasteiger partial charge in [-0.05, 0) is 44.4 Å². The molecular weight excluding hydrogens is 356 g/mol. The number of carbonyl (C=O) groups excluding carboxylic acids is 1. The topological polar surface area (TPSA) is 45.2 Å². The minimum Gasteiger partial charge on any atom is -0.347 e. The predicted molar refractivity (Wildman–Crippen MR) is 96.2 cm³/mol. The Morgan fingerprint density at radius 1 is 1.27 bits per heavy atom. The molecule has 2 heterocycles. The van der Waals surface area contributed by atoms with Crippen molar-refractivity contribution in [2.75, 3.05) is 13.1 Å². The molecule has 2 aliphatic rings. The van der Waals surface area contributed by atoms with Crippen LogP contribution in [0.2, 0.25) is 0 Å². The molecule has 2 aromatic rings. The zero-order valence-corrected chi connectivity index (χ0v) is 15.2. The Morgan fingerprint density at radius 2 is 2.04 bits per heavy atom. The Bertz CT molecular complexity index is 786. The highest BCUT2D eigenvalue weighted by molar-refractivity contribution is 7.11. The zero-order valence-electron chi connectivity index (χ0n) is 14.4. The molecule has 1 N–H and O–H groups in total. The van der Waals surface area contributed by atoms with E-state index in [1.165, 1.54) is 29.5 Å². The van der Waals surface area contributed by atoms with Crippen LogP contribution < -0.4 is 5.32 Å². The molecule has 1 aliphatic carbocycles. The number of nitrogens with one attached hydrogen (secondary N) is 1. The van der Waals surface area contributed by atoms with Gasteiger partial charge in [0, 0.05) is 30.6 Å². The van der Waals surface area contributed by atoms with E-state index in [0.717, 1.165) is 37.9 Å². The molecular formula is C19H21F2N3OS. The van der Waals surface area contributed by atoms with Gasteiger partial charge in [0.05, 0.1) is 11.2 Å². The average Bonchev–Trinajstić information content (AvgIpc) is 3.35. The molecule has 0 radical (unpaired) electrons. The predicted octanol–water partition coefficient (Wildman–Crippen LogP) is 3.69. The van der Waals surface area contributed by atoms with Crippen LogP contribution in [-0.4, -0.2) is 34.9 Å². The van der Waals surface area contributed by atoms with Crippen molar-refractivity contribution >= 4 is 17.2 Å². The molecule has 1 aliphatic heterocycles. The van der Waals surface area contributed by atoms with E-state index in [0.29, 0.717) is 17.3 Å². The van der Waals surface area contributed by atoms with E-state index in [9.17, 15) is 13.6 Å². The molecule has 138 valence electrons. The molecule has 0 unspecified atom stereocenters. The summed E-state index contributed by atoms with van der Waals surface area (Å²) in [7, 11) is 0. The highest BCUT2D eigenvalue weighted by Gasteiger charge is 2.31. The van der Waals surface area contributed by atoms with E-state index in [1.54, 1.807) is 5.51 Å². The van der Waals surface area contributed by atoms with Crippen LogP contribution in [0.1, 0.15) is 52.5 Å². The van der Waals surface area contributed by atoms with E-state index in [-0.39, 0.29) is 24.1 Å². The molecule has 1 aromatic heterocycles. The maximum Gasteiger partial charge on any atom is 0.263 e. The van der Waals surface area contributed by atoms with Gasteiger partial charge in [-0.3, -0.25) is 9.69 Å². The van der Waals surface area contributed by atoms with Gasteiger partial charge >= 0.3 is 0 Å². The molecule has 2 fully saturated rings. The monoisotopic (exact) mass is 377 g/mol. The Labute approximate surface area is 155 Å². The van der Waals surface area contributed by atoms with Crippen LogP contribution in [-0.2, 0) is 6.54 Å². The Kier molecular flexibility index (Phi) is 5.00. The average molecular weight is 377 g/mol. The fraction of sp³-hybridized carbons (Fsp3) is 0.474. The summed E-state index contributed by atoms with van der Waals surface area (Å²) in [6, 6.07) is 3.93. The summed E-state index contributed by atoms with van der Waals surface area (Å²) in [5, 5.41) is 3.09. The van der Waals surface area contributed by atoms with Crippen molar-refractivity contribution in [2.45, 2.75) is 44.2 Å². The van der Waals surface area contributed by atoms with Gasteiger partial charge in [-0.1, -0.05) is 6.07 Å². The second-order valence-corrected chi connectivity index (χ2v) is 7.94. The van der Waals surface area contributed by atoms with Gasteiger partial charge in [0.1, 0.15) is 16.5 Å². The van der Waals surface area contributed by atoms with Crippen molar-refractivity contribution in [3.05, 3.63) is 51.5 Å². The molecule has 1 saturated carbocycles. The van der Waals surface area contributed by atoms with Crippen LogP contribution in [0.5, 0.6) is 0 Å². The summed E-state index contributed by atoms with van der Waals surface area (Å²) in [6.45, 7) is 1.59. The smallest absolute Gasteiger partial charge is 0.263 e. The lowest BCUT2D eigenvalue weighted by atomic mass is 10.0. The van der Waals surface area contributed by atoms with Crippen molar-refractivity contribution in [3.63, 3.8) is 0 Å². The van der Waals surface area contributed by atoms with Crippen molar-refractivity contribution in [1.29, 1.82) is 0 Å². The minimum absolute atomic E-state index is 0.0137. The fourth-order valence-corrected chi connectivity index (χ4v) is 4.32. The number of hydrogen-bond acceptors (Lipinski definition) is 4. The molecule has 1 saturated heterocycles. The number of halogens is 2. The number of benzene rings is 1. The minimum atomic E-state index is -0.519. The van der Waals surface area contributed by atoms with Gasteiger partial charge in [0.2, 0.25) is 0 Å². The van der Waals surface area contributed by atoms with Crippen LogP contribution in [0.15, 0.2) is 23.7 Å². The normalized spacial score (nSPS) is 20.9. The molecule has 1 aromatic carbocycles. The van der Waals surface area contributed by atoms with Gasteiger partial charge < -0.3 is 5.32 Å². The standard InChI is InChI=1S/C19H21F2N3OS/c20-15-4-1-5-16(21)14(15)10-24-8-2-3-13(9-24)23-19(25)18-17(12-6-7-12)22-11-26-18/h1,4-5,11-13H,2-3,6-10H2,(H,23,25)/t13-/m0/s1. The molecule has 1 amide bonds. The summed E-state index contributed by atoms with van der Waals surface area (Å²) < 4.78 is 27.8. The summed E-state index contributed by atoms with van der Waals surface area (Å²) in [5.41, 5.74) is 2.75. The molecule has 26 heavy (non-hydrogen) atoms. The highest BCUT2D eigenvalue weighted by atomic mass is 32.1. The number of amides is 1. The Morgan fingerprint density at radius 3 is 2.77 bits per heavy atom. The highest BCUT2D eigenvalue weighted by Crippen LogP contribution is 2.41. The number of thiazole rings is 1. The largest absolute Gasteiger partial charge is 0.347 e. The van der Waals surface area contributed by atoms with Crippen LogP contribution >= 0.6 is 11.3 Å². The van der Waals surface area contributed by atoms with E-state index < -0.39 is 11.6 Å². The molecule has 0 bridgehead atoms. The first kappa shape index (κ1) is 17.5. The lowest BCUT2D eigenvalue weighted by Gasteiger charge is -2.33. The van der Waals surface area contributed by atoms with Crippen LogP contribution in [0.4, 0.5) is 8.78 Å². The third-order valence-electron chi connectivity index (χ3n) is 5.05. The number of hydrogen-bond donors (Lipinski definition) is 1. The lowest BCUT2D eigenvalue weighted by molar-refractivity contribution is 0.0902. The van der Waals surface area contributed by atoms with Crippen LogP contribution in [0.25, 0.3) is 0 Å². The summed E-state index contributed by atoms with van der Waals surface area (Å²) >= 11 is 1.39. The second kappa shape index (κ2) is 7.40. The first-order valence-corrected chi connectivity index (χ1v) is 9.89. The number of nitrogens with zero attached hydrogens (tertiary/aromatic N) is 2. The maximum atomic E-state index is 13.9. The van der Waals surface area contributed by atoms with Crippen molar-refractivity contribution in [3.8, 4) is 0 Å². The van der Waals surface area contributed by atoms with Crippen molar-refractivity contribution in [1.82, 2.24) is 15.2 Å². The number of aromatic nitrogens is 1. The molecule has 1 atom stereocenters. The summed E-state index contributed by atoms with van der Waals surface area (Å²) in [5.74, 6) is -0.669. The second-order valence-electron chi connectivity index (χ2n) is 7.09. The number of piperidine rings is 1. The third kappa shape index (κ3) is 3.78. The number of likely N-dealkylation sites (tertiary alicyclic amines) is 1. The first-order valence-electron chi connectivity index (χ1n) is 9.01. The number of rotatable bonds is 5. The molecule has 7 heteroatoms.